The van der Waals surface area contributed by atoms with Crippen LogP contribution >= 0.6 is 0 Å². The number of hydrogen-bond acceptors (Lipinski definition) is 2. The molecular formula is C24H24N2O2. The lowest BCUT2D eigenvalue weighted by Gasteiger charge is -2.20. The molecule has 0 saturated carbocycles. The normalized spacial score (nSPS) is 11.0. The Balaban J connectivity index is 1.71. The average molecular weight is 372 g/mol. The van der Waals surface area contributed by atoms with Crippen LogP contribution in [0.4, 0.5) is 5.69 Å². The summed E-state index contributed by atoms with van der Waals surface area (Å²) in [6, 6.07) is 24.4. The van der Waals surface area contributed by atoms with Crippen LogP contribution in [0.5, 0.6) is 0 Å². The highest BCUT2D eigenvalue weighted by Crippen LogP contribution is 2.20. The third-order valence-electron chi connectivity index (χ3n) is 4.13. The zero-order valence-electron chi connectivity index (χ0n) is 16.3. The van der Waals surface area contributed by atoms with Crippen molar-refractivity contribution in [2.75, 3.05) is 5.32 Å². The molecule has 142 valence electrons. The SMILES string of the molecule is CC(C)(C)NC(=O)c1cccc(NC(=O)c2ccc(-c3ccccc3)cc2)c1. The van der Waals surface area contributed by atoms with Gasteiger partial charge in [-0.2, -0.15) is 0 Å². The fraction of sp³-hybridized carbons (Fsp3) is 0.167. The van der Waals surface area contributed by atoms with Crippen molar-refractivity contribution in [1.29, 1.82) is 0 Å². The molecule has 0 fully saturated rings. The molecule has 2 amide bonds. The van der Waals surface area contributed by atoms with Gasteiger partial charge in [-0.3, -0.25) is 9.59 Å². The lowest BCUT2D eigenvalue weighted by molar-refractivity contribution is 0.0918. The van der Waals surface area contributed by atoms with Gasteiger partial charge < -0.3 is 10.6 Å². The molecule has 3 aromatic rings. The molecule has 0 saturated heterocycles. The minimum absolute atomic E-state index is 0.171. The molecule has 0 atom stereocenters. The van der Waals surface area contributed by atoms with Gasteiger partial charge in [-0.05, 0) is 62.2 Å². The molecule has 0 aliphatic rings. The van der Waals surface area contributed by atoms with Gasteiger partial charge in [0.05, 0.1) is 0 Å². The Kier molecular flexibility index (Phi) is 5.59. The summed E-state index contributed by atoms with van der Waals surface area (Å²) < 4.78 is 0. The van der Waals surface area contributed by atoms with Gasteiger partial charge in [-0.25, -0.2) is 0 Å². The van der Waals surface area contributed by atoms with E-state index in [9.17, 15) is 9.59 Å². The molecule has 0 aliphatic carbocycles. The van der Waals surface area contributed by atoms with Gasteiger partial charge in [0.2, 0.25) is 0 Å². The highest BCUT2D eigenvalue weighted by Gasteiger charge is 2.16. The van der Waals surface area contributed by atoms with E-state index in [2.05, 4.69) is 10.6 Å². The Labute approximate surface area is 165 Å². The minimum atomic E-state index is -0.323. The number of rotatable bonds is 4. The van der Waals surface area contributed by atoms with E-state index >= 15 is 0 Å². The van der Waals surface area contributed by atoms with E-state index in [1.54, 1.807) is 36.4 Å². The van der Waals surface area contributed by atoms with Crippen LogP contribution in [-0.4, -0.2) is 17.4 Å². The zero-order chi connectivity index (χ0) is 20.1. The summed E-state index contributed by atoms with van der Waals surface area (Å²) >= 11 is 0. The third kappa shape index (κ3) is 5.07. The second-order valence-corrected chi connectivity index (χ2v) is 7.68. The second-order valence-electron chi connectivity index (χ2n) is 7.68. The van der Waals surface area contributed by atoms with Gasteiger partial charge in [0, 0.05) is 22.4 Å². The fourth-order valence-electron chi connectivity index (χ4n) is 2.80. The molecule has 0 spiro atoms. The van der Waals surface area contributed by atoms with Crippen molar-refractivity contribution in [3.8, 4) is 11.1 Å². The standard InChI is InChI=1S/C24H24N2O2/c1-24(2,3)26-23(28)20-10-7-11-21(16-20)25-22(27)19-14-12-18(13-15-19)17-8-5-4-6-9-17/h4-16H,1-3H3,(H,25,27)(H,26,28). The predicted molar refractivity (Wildman–Crippen MR) is 113 cm³/mol. The third-order valence-corrected chi connectivity index (χ3v) is 4.13. The maximum Gasteiger partial charge on any atom is 0.255 e. The summed E-state index contributed by atoms with van der Waals surface area (Å²) in [7, 11) is 0. The average Bonchev–Trinajstić information content (AvgIpc) is 2.68. The number of carbonyl (C=O) groups is 2. The van der Waals surface area contributed by atoms with Crippen LogP contribution in [0.15, 0.2) is 78.9 Å². The van der Waals surface area contributed by atoms with Crippen molar-refractivity contribution < 1.29 is 9.59 Å². The van der Waals surface area contributed by atoms with Crippen LogP contribution in [-0.2, 0) is 0 Å². The lowest BCUT2D eigenvalue weighted by Crippen LogP contribution is -2.40. The largest absolute Gasteiger partial charge is 0.347 e. The molecule has 2 N–H and O–H groups in total. The van der Waals surface area contributed by atoms with Crippen molar-refractivity contribution in [2.45, 2.75) is 26.3 Å². The Morgan fingerprint density at radius 1 is 0.679 bits per heavy atom. The van der Waals surface area contributed by atoms with E-state index in [0.29, 0.717) is 16.8 Å². The number of hydrogen-bond donors (Lipinski definition) is 2. The second kappa shape index (κ2) is 8.09. The smallest absolute Gasteiger partial charge is 0.255 e. The first kappa shape index (κ1) is 19.4. The first-order valence-electron chi connectivity index (χ1n) is 9.21. The summed E-state index contributed by atoms with van der Waals surface area (Å²) in [5.41, 5.74) is 3.48. The van der Waals surface area contributed by atoms with E-state index in [4.69, 9.17) is 0 Å². The van der Waals surface area contributed by atoms with E-state index in [0.717, 1.165) is 11.1 Å². The van der Waals surface area contributed by atoms with Crippen LogP contribution in [0.2, 0.25) is 0 Å². The van der Waals surface area contributed by atoms with Crippen LogP contribution in [0.3, 0.4) is 0 Å². The van der Waals surface area contributed by atoms with Gasteiger partial charge in [0.1, 0.15) is 0 Å². The van der Waals surface area contributed by atoms with Crippen molar-refractivity contribution in [1.82, 2.24) is 5.32 Å². The Morgan fingerprint density at radius 3 is 1.96 bits per heavy atom. The molecule has 0 aliphatic heterocycles. The number of amides is 2. The van der Waals surface area contributed by atoms with Crippen LogP contribution in [0.25, 0.3) is 11.1 Å². The molecule has 0 aromatic heterocycles. The van der Waals surface area contributed by atoms with Crippen LogP contribution in [0.1, 0.15) is 41.5 Å². The van der Waals surface area contributed by atoms with E-state index < -0.39 is 0 Å². The molecule has 0 heterocycles. The molecule has 28 heavy (non-hydrogen) atoms. The summed E-state index contributed by atoms with van der Waals surface area (Å²) in [5, 5.41) is 5.77. The molecule has 3 rings (SSSR count). The summed E-state index contributed by atoms with van der Waals surface area (Å²) in [6.45, 7) is 5.78. The molecule has 0 radical (unpaired) electrons. The summed E-state index contributed by atoms with van der Waals surface area (Å²) in [5.74, 6) is -0.385. The van der Waals surface area contributed by atoms with Gasteiger partial charge in [0.15, 0.2) is 0 Å². The van der Waals surface area contributed by atoms with Crippen LogP contribution < -0.4 is 10.6 Å². The number of benzene rings is 3. The number of nitrogens with one attached hydrogen (secondary N) is 2. The zero-order valence-corrected chi connectivity index (χ0v) is 16.3. The van der Waals surface area contributed by atoms with Gasteiger partial charge in [-0.15, -0.1) is 0 Å². The maximum atomic E-state index is 12.6. The molecule has 0 bridgehead atoms. The van der Waals surface area contributed by atoms with Crippen molar-refractivity contribution in [2.24, 2.45) is 0 Å². The van der Waals surface area contributed by atoms with Gasteiger partial charge in [-0.1, -0.05) is 48.5 Å². The predicted octanol–water partition coefficient (Wildman–Crippen LogP) is 5.13. The fourth-order valence-corrected chi connectivity index (χ4v) is 2.80. The number of carbonyl (C=O) groups excluding carboxylic acids is 2. The Bertz CT molecular complexity index is 971. The summed E-state index contributed by atoms with van der Waals surface area (Å²) in [4.78, 5) is 24.9. The van der Waals surface area contributed by atoms with Crippen LogP contribution in [0, 0.1) is 0 Å². The molecule has 3 aromatic carbocycles. The quantitative estimate of drug-likeness (QED) is 0.667. The molecule has 4 nitrogen and oxygen atoms in total. The first-order valence-corrected chi connectivity index (χ1v) is 9.21. The van der Waals surface area contributed by atoms with Gasteiger partial charge in [0.25, 0.3) is 11.8 Å². The van der Waals surface area contributed by atoms with Crippen molar-refractivity contribution >= 4 is 17.5 Å². The van der Waals surface area contributed by atoms with Crippen molar-refractivity contribution in [3.63, 3.8) is 0 Å². The van der Waals surface area contributed by atoms with Crippen molar-refractivity contribution in [3.05, 3.63) is 90.0 Å². The molecular weight excluding hydrogens is 348 g/mol. The Morgan fingerprint density at radius 2 is 1.32 bits per heavy atom. The van der Waals surface area contributed by atoms with E-state index in [1.807, 2.05) is 63.2 Å². The highest BCUT2D eigenvalue weighted by atomic mass is 16.2. The first-order chi connectivity index (χ1) is 13.3. The van der Waals surface area contributed by atoms with E-state index in [1.165, 1.54) is 0 Å². The van der Waals surface area contributed by atoms with E-state index in [-0.39, 0.29) is 17.4 Å². The topological polar surface area (TPSA) is 58.2 Å². The number of anilines is 1. The lowest BCUT2D eigenvalue weighted by atomic mass is 10.0. The Hall–Kier alpha value is -3.40. The maximum absolute atomic E-state index is 12.6. The minimum Gasteiger partial charge on any atom is -0.347 e. The molecule has 4 heteroatoms. The monoisotopic (exact) mass is 372 g/mol. The summed E-state index contributed by atoms with van der Waals surface area (Å²) in [6.07, 6.45) is 0. The highest BCUT2D eigenvalue weighted by molar-refractivity contribution is 6.05. The molecule has 0 unspecified atom stereocenters. The van der Waals surface area contributed by atoms with Gasteiger partial charge >= 0.3 is 0 Å².